The van der Waals surface area contributed by atoms with Gasteiger partial charge in [-0.2, -0.15) is 0 Å². The highest BCUT2D eigenvalue weighted by Gasteiger charge is 2.24. The van der Waals surface area contributed by atoms with Crippen molar-refractivity contribution in [1.29, 1.82) is 0 Å². The smallest absolute Gasteiger partial charge is 0.315 e. The molecule has 0 fully saturated rings. The number of hydrogen-bond donors (Lipinski definition) is 1. The fraction of sp³-hybridized carbons (Fsp3) is 0.889. The molecule has 0 spiro atoms. The highest BCUT2D eigenvalue weighted by molar-refractivity contribution is 5.72. The standard InChI is InChI=1S/C9H20N2O/c1-7(2)6-11(8(10)12)9(3,4)5/h7H,6H2,1-5H3,(H2,10,12). The van der Waals surface area contributed by atoms with Gasteiger partial charge in [-0.05, 0) is 26.7 Å². The summed E-state index contributed by atoms with van der Waals surface area (Å²) >= 11 is 0. The van der Waals surface area contributed by atoms with Crippen LogP contribution in [0.25, 0.3) is 0 Å². The Kier molecular flexibility index (Phi) is 3.55. The van der Waals surface area contributed by atoms with Gasteiger partial charge in [0.1, 0.15) is 0 Å². The van der Waals surface area contributed by atoms with E-state index in [1.165, 1.54) is 0 Å². The van der Waals surface area contributed by atoms with Crippen LogP contribution in [0.2, 0.25) is 0 Å². The molecular formula is C9H20N2O. The molecule has 0 bridgehead atoms. The largest absolute Gasteiger partial charge is 0.351 e. The Hall–Kier alpha value is -0.730. The van der Waals surface area contributed by atoms with Gasteiger partial charge in [-0.1, -0.05) is 13.8 Å². The normalized spacial score (nSPS) is 11.8. The summed E-state index contributed by atoms with van der Waals surface area (Å²) in [4.78, 5) is 12.7. The van der Waals surface area contributed by atoms with Gasteiger partial charge >= 0.3 is 6.03 Å². The van der Waals surface area contributed by atoms with Crippen LogP contribution in [0.15, 0.2) is 0 Å². The first-order valence-electron chi connectivity index (χ1n) is 4.32. The van der Waals surface area contributed by atoms with E-state index in [2.05, 4.69) is 13.8 Å². The van der Waals surface area contributed by atoms with Crippen LogP contribution < -0.4 is 5.73 Å². The lowest BCUT2D eigenvalue weighted by Gasteiger charge is -2.35. The van der Waals surface area contributed by atoms with E-state index >= 15 is 0 Å². The predicted molar refractivity (Wildman–Crippen MR) is 50.9 cm³/mol. The Bertz CT molecular complexity index is 158. The molecule has 0 aromatic heterocycles. The molecule has 0 atom stereocenters. The summed E-state index contributed by atoms with van der Waals surface area (Å²) < 4.78 is 0. The van der Waals surface area contributed by atoms with Crippen molar-refractivity contribution >= 4 is 6.03 Å². The van der Waals surface area contributed by atoms with Gasteiger partial charge in [-0.3, -0.25) is 0 Å². The summed E-state index contributed by atoms with van der Waals surface area (Å²) in [5.74, 6) is 0.455. The van der Waals surface area contributed by atoms with Crippen LogP contribution in [0.4, 0.5) is 4.79 Å². The number of nitrogens with two attached hydrogens (primary N) is 1. The van der Waals surface area contributed by atoms with Crippen LogP contribution in [-0.2, 0) is 0 Å². The van der Waals surface area contributed by atoms with Crippen molar-refractivity contribution in [2.45, 2.75) is 40.2 Å². The molecule has 0 saturated carbocycles. The van der Waals surface area contributed by atoms with Gasteiger partial charge in [0.25, 0.3) is 0 Å². The van der Waals surface area contributed by atoms with Gasteiger partial charge in [0.05, 0.1) is 0 Å². The number of primary amides is 1. The summed E-state index contributed by atoms with van der Waals surface area (Å²) in [6, 6.07) is -0.337. The number of carbonyl (C=O) groups is 1. The predicted octanol–water partition coefficient (Wildman–Crippen LogP) is 1.82. The maximum atomic E-state index is 11.0. The Morgan fingerprint density at radius 1 is 1.42 bits per heavy atom. The molecule has 0 heterocycles. The lowest BCUT2D eigenvalue weighted by molar-refractivity contribution is 0.142. The molecule has 12 heavy (non-hydrogen) atoms. The van der Waals surface area contributed by atoms with E-state index in [4.69, 9.17) is 5.73 Å². The fourth-order valence-electron chi connectivity index (χ4n) is 1.06. The number of rotatable bonds is 2. The number of carbonyl (C=O) groups excluding carboxylic acids is 1. The first-order valence-corrected chi connectivity index (χ1v) is 4.32. The molecule has 0 radical (unpaired) electrons. The first-order chi connectivity index (χ1) is 5.25. The summed E-state index contributed by atoms with van der Waals surface area (Å²) in [5.41, 5.74) is 5.09. The monoisotopic (exact) mass is 172 g/mol. The molecule has 0 aliphatic carbocycles. The van der Waals surface area contributed by atoms with Crippen molar-refractivity contribution in [2.24, 2.45) is 11.7 Å². The molecule has 0 unspecified atom stereocenters. The highest BCUT2D eigenvalue weighted by atomic mass is 16.2. The van der Waals surface area contributed by atoms with Crippen molar-refractivity contribution in [3.05, 3.63) is 0 Å². The number of urea groups is 1. The molecule has 0 aromatic rings. The molecule has 0 aromatic carbocycles. The fourth-order valence-corrected chi connectivity index (χ4v) is 1.06. The molecular weight excluding hydrogens is 152 g/mol. The first kappa shape index (κ1) is 11.3. The van der Waals surface area contributed by atoms with Gasteiger partial charge in [0.15, 0.2) is 0 Å². The van der Waals surface area contributed by atoms with Crippen molar-refractivity contribution < 1.29 is 4.79 Å². The minimum absolute atomic E-state index is 0.171. The van der Waals surface area contributed by atoms with E-state index in [-0.39, 0.29) is 11.6 Å². The van der Waals surface area contributed by atoms with Gasteiger partial charge < -0.3 is 10.6 Å². The van der Waals surface area contributed by atoms with Crippen LogP contribution in [0.3, 0.4) is 0 Å². The Morgan fingerprint density at radius 3 is 1.92 bits per heavy atom. The lowest BCUT2D eigenvalue weighted by atomic mass is 10.0. The van der Waals surface area contributed by atoms with E-state index in [1.54, 1.807) is 4.90 Å². The van der Waals surface area contributed by atoms with E-state index in [0.29, 0.717) is 5.92 Å². The van der Waals surface area contributed by atoms with Crippen molar-refractivity contribution in [3.8, 4) is 0 Å². The Labute approximate surface area is 74.9 Å². The second-order valence-electron chi connectivity index (χ2n) is 4.51. The zero-order valence-corrected chi connectivity index (χ0v) is 8.72. The van der Waals surface area contributed by atoms with Crippen molar-refractivity contribution in [1.82, 2.24) is 4.90 Å². The minimum atomic E-state index is -0.337. The summed E-state index contributed by atoms with van der Waals surface area (Å²) in [6.45, 7) is 10.8. The van der Waals surface area contributed by atoms with Crippen LogP contribution >= 0.6 is 0 Å². The molecule has 0 rings (SSSR count). The maximum Gasteiger partial charge on any atom is 0.315 e. The molecule has 0 aliphatic rings. The van der Waals surface area contributed by atoms with Crippen molar-refractivity contribution in [2.75, 3.05) is 6.54 Å². The van der Waals surface area contributed by atoms with Gasteiger partial charge in [-0.15, -0.1) is 0 Å². The third-order valence-corrected chi connectivity index (χ3v) is 1.62. The van der Waals surface area contributed by atoms with Crippen LogP contribution in [0.1, 0.15) is 34.6 Å². The SMILES string of the molecule is CC(C)CN(C(N)=O)C(C)(C)C. The van der Waals surface area contributed by atoms with Crippen LogP contribution in [0.5, 0.6) is 0 Å². The minimum Gasteiger partial charge on any atom is -0.351 e. The molecule has 0 aliphatic heterocycles. The molecule has 3 nitrogen and oxygen atoms in total. The number of nitrogens with zero attached hydrogens (tertiary/aromatic N) is 1. The summed E-state index contributed by atoms with van der Waals surface area (Å²) in [5, 5.41) is 0. The molecule has 0 saturated heterocycles. The van der Waals surface area contributed by atoms with Crippen LogP contribution in [-0.4, -0.2) is 23.0 Å². The third-order valence-electron chi connectivity index (χ3n) is 1.62. The molecule has 72 valence electrons. The molecule has 3 heteroatoms. The highest BCUT2D eigenvalue weighted by Crippen LogP contribution is 2.14. The van der Waals surface area contributed by atoms with Gasteiger partial charge in [0.2, 0.25) is 0 Å². The zero-order valence-electron chi connectivity index (χ0n) is 8.72. The quantitative estimate of drug-likeness (QED) is 0.678. The Balaban J connectivity index is 4.35. The van der Waals surface area contributed by atoms with E-state index in [0.717, 1.165) is 6.54 Å². The second-order valence-corrected chi connectivity index (χ2v) is 4.51. The van der Waals surface area contributed by atoms with E-state index < -0.39 is 0 Å². The average molecular weight is 172 g/mol. The number of amides is 2. The third kappa shape index (κ3) is 3.60. The van der Waals surface area contributed by atoms with E-state index in [9.17, 15) is 4.79 Å². The zero-order chi connectivity index (χ0) is 9.94. The molecule has 2 N–H and O–H groups in total. The molecule has 2 amide bonds. The average Bonchev–Trinajstić information content (AvgIpc) is 1.79. The topological polar surface area (TPSA) is 46.3 Å². The van der Waals surface area contributed by atoms with Crippen molar-refractivity contribution in [3.63, 3.8) is 0 Å². The Morgan fingerprint density at radius 2 is 1.83 bits per heavy atom. The summed E-state index contributed by atoms with van der Waals surface area (Å²) in [6.07, 6.45) is 0. The van der Waals surface area contributed by atoms with Crippen LogP contribution in [0, 0.1) is 5.92 Å². The maximum absolute atomic E-state index is 11.0. The summed E-state index contributed by atoms with van der Waals surface area (Å²) in [7, 11) is 0. The lowest BCUT2D eigenvalue weighted by Crippen LogP contribution is -2.49. The van der Waals surface area contributed by atoms with E-state index in [1.807, 2.05) is 20.8 Å². The number of hydrogen-bond acceptors (Lipinski definition) is 1. The van der Waals surface area contributed by atoms with Gasteiger partial charge in [0, 0.05) is 12.1 Å². The second kappa shape index (κ2) is 3.78. The van der Waals surface area contributed by atoms with Gasteiger partial charge in [-0.25, -0.2) is 4.79 Å².